The van der Waals surface area contributed by atoms with E-state index in [1.807, 2.05) is 0 Å². The van der Waals surface area contributed by atoms with E-state index < -0.39 is 26.2 Å². The van der Waals surface area contributed by atoms with Gasteiger partial charge in [-0.2, -0.15) is 16.8 Å². The van der Waals surface area contributed by atoms with Gasteiger partial charge >= 0.3 is 0 Å². The second kappa shape index (κ2) is 5.13. The molecule has 96 valence electrons. The topological polar surface area (TPSA) is 86.7 Å². The van der Waals surface area contributed by atoms with Gasteiger partial charge in [-0.15, -0.1) is 0 Å². The van der Waals surface area contributed by atoms with Crippen molar-refractivity contribution in [1.29, 1.82) is 0 Å². The lowest BCUT2D eigenvalue weighted by molar-refractivity contribution is 0.327. The maximum atomic E-state index is 11.6. The van der Waals surface area contributed by atoms with Crippen LogP contribution in [0.1, 0.15) is 5.56 Å². The fourth-order valence-corrected chi connectivity index (χ4v) is 2.62. The quantitative estimate of drug-likeness (QED) is 0.735. The minimum atomic E-state index is -4.08. The van der Waals surface area contributed by atoms with E-state index in [1.165, 1.54) is 12.1 Å². The zero-order valence-corrected chi connectivity index (χ0v) is 10.9. The Balaban J connectivity index is 2.87. The molecule has 1 aromatic rings. The maximum absolute atomic E-state index is 11.6. The SMILES string of the molecule is COS(=O)(=O)COS(=O)(=O)c1ccc(C)cc1. The molecular weight excluding hydrogens is 268 g/mol. The third kappa shape index (κ3) is 4.08. The molecule has 17 heavy (non-hydrogen) atoms. The summed E-state index contributed by atoms with van der Waals surface area (Å²) in [5.74, 6) is -1.04. The summed E-state index contributed by atoms with van der Waals surface area (Å²) in [5.41, 5.74) is 0.883. The van der Waals surface area contributed by atoms with Crippen molar-refractivity contribution in [2.24, 2.45) is 0 Å². The van der Waals surface area contributed by atoms with Crippen LogP contribution >= 0.6 is 0 Å². The van der Waals surface area contributed by atoms with Gasteiger partial charge < -0.3 is 0 Å². The molecule has 0 atom stereocenters. The Kier molecular flexibility index (Phi) is 4.26. The third-order valence-electron chi connectivity index (χ3n) is 1.91. The fourth-order valence-electron chi connectivity index (χ4n) is 0.943. The van der Waals surface area contributed by atoms with Gasteiger partial charge in [0, 0.05) is 0 Å². The molecule has 0 aliphatic carbocycles. The van der Waals surface area contributed by atoms with Crippen molar-refractivity contribution in [3.05, 3.63) is 29.8 Å². The number of aryl methyl sites for hydroxylation is 1. The average Bonchev–Trinajstić information content (AvgIpc) is 2.27. The summed E-state index contributed by atoms with van der Waals surface area (Å²) in [6, 6.07) is 5.84. The van der Waals surface area contributed by atoms with Crippen molar-refractivity contribution < 1.29 is 25.2 Å². The first-order valence-electron chi connectivity index (χ1n) is 4.51. The number of hydrogen-bond acceptors (Lipinski definition) is 6. The number of hydrogen-bond donors (Lipinski definition) is 0. The normalized spacial score (nSPS) is 12.6. The van der Waals surface area contributed by atoms with E-state index in [-0.39, 0.29) is 4.90 Å². The Hall–Kier alpha value is -0.960. The zero-order chi connectivity index (χ0) is 13.1. The molecule has 1 aromatic carbocycles. The van der Waals surface area contributed by atoms with Gasteiger partial charge in [0.1, 0.15) is 0 Å². The molecule has 0 fully saturated rings. The van der Waals surface area contributed by atoms with Crippen LogP contribution in [0.2, 0.25) is 0 Å². The van der Waals surface area contributed by atoms with Crippen LogP contribution < -0.4 is 0 Å². The first-order chi connectivity index (χ1) is 7.77. The van der Waals surface area contributed by atoms with Crippen molar-refractivity contribution in [2.75, 3.05) is 13.0 Å². The van der Waals surface area contributed by atoms with Gasteiger partial charge in [0.05, 0.1) is 12.0 Å². The molecule has 0 unspecified atom stereocenters. The molecule has 8 heteroatoms. The van der Waals surface area contributed by atoms with Gasteiger partial charge in [-0.1, -0.05) is 17.7 Å². The summed E-state index contributed by atoms with van der Waals surface area (Å²) in [5, 5.41) is 0. The first-order valence-corrected chi connectivity index (χ1v) is 7.50. The molecule has 0 aliphatic heterocycles. The van der Waals surface area contributed by atoms with Gasteiger partial charge in [-0.25, -0.2) is 4.18 Å². The molecule has 0 spiro atoms. The van der Waals surface area contributed by atoms with Crippen LogP contribution in [0.4, 0.5) is 0 Å². The highest BCUT2D eigenvalue weighted by molar-refractivity contribution is 7.89. The highest BCUT2D eigenvalue weighted by Gasteiger charge is 2.19. The van der Waals surface area contributed by atoms with Crippen molar-refractivity contribution in [3.63, 3.8) is 0 Å². The first kappa shape index (κ1) is 14.1. The lowest BCUT2D eigenvalue weighted by atomic mass is 10.2. The summed E-state index contributed by atoms with van der Waals surface area (Å²) in [7, 11) is -7.12. The summed E-state index contributed by atoms with van der Waals surface area (Å²) >= 11 is 0. The highest BCUT2D eigenvalue weighted by atomic mass is 32.2. The zero-order valence-electron chi connectivity index (χ0n) is 9.28. The standard InChI is InChI=1S/C9H12O6S2/c1-8-3-5-9(6-4-8)17(12,13)15-7-16(10,11)14-2/h3-6H,7H2,1-2H3. The Morgan fingerprint density at radius 2 is 1.59 bits per heavy atom. The van der Waals surface area contributed by atoms with Gasteiger partial charge in [-0.05, 0) is 19.1 Å². The summed E-state index contributed by atoms with van der Waals surface area (Å²) < 4.78 is 53.4. The van der Waals surface area contributed by atoms with E-state index >= 15 is 0 Å². The predicted octanol–water partition coefficient (Wildman–Crippen LogP) is 0.634. The van der Waals surface area contributed by atoms with Crippen molar-refractivity contribution in [2.45, 2.75) is 11.8 Å². The molecule has 0 amide bonds. The molecule has 0 aromatic heterocycles. The van der Waals surface area contributed by atoms with E-state index in [9.17, 15) is 16.8 Å². The smallest absolute Gasteiger partial charge is 0.272 e. The van der Waals surface area contributed by atoms with Gasteiger partial charge in [0.15, 0.2) is 5.94 Å². The van der Waals surface area contributed by atoms with E-state index in [0.29, 0.717) is 0 Å². The van der Waals surface area contributed by atoms with Crippen LogP contribution in [0.3, 0.4) is 0 Å². The van der Waals surface area contributed by atoms with Gasteiger partial charge in [-0.3, -0.25) is 4.18 Å². The predicted molar refractivity (Wildman–Crippen MR) is 60.2 cm³/mol. The largest absolute Gasteiger partial charge is 0.298 e. The monoisotopic (exact) mass is 280 g/mol. The van der Waals surface area contributed by atoms with Crippen LogP contribution in [0.5, 0.6) is 0 Å². The van der Waals surface area contributed by atoms with E-state index in [0.717, 1.165) is 12.7 Å². The van der Waals surface area contributed by atoms with Gasteiger partial charge in [0.25, 0.3) is 20.2 Å². The maximum Gasteiger partial charge on any atom is 0.298 e. The van der Waals surface area contributed by atoms with Gasteiger partial charge in [0.2, 0.25) is 0 Å². The summed E-state index contributed by atoms with van der Waals surface area (Å²) in [6.45, 7) is 1.80. The summed E-state index contributed by atoms with van der Waals surface area (Å²) in [4.78, 5) is -0.102. The molecular formula is C9H12O6S2. The van der Waals surface area contributed by atoms with Crippen LogP contribution in [-0.4, -0.2) is 29.9 Å². The minimum Gasteiger partial charge on any atom is -0.272 e. The Morgan fingerprint density at radius 1 is 1.06 bits per heavy atom. The number of rotatable bonds is 5. The second-order valence-corrected chi connectivity index (χ2v) is 6.53. The van der Waals surface area contributed by atoms with E-state index in [4.69, 9.17) is 0 Å². The van der Waals surface area contributed by atoms with Crippen LogP contribution in [0.15, 0.2) is 29.2 Å². The highest BCUT2D eigenvalue weighted by Crippen LogP contribution is 2.13. The Bertz CT molecular complexity index is 570. The Labute approximate surface area is 100 Å². The van der Waals surface area contributed by atoms with Crippen LogP contribution in [0, 0.1) is 6.92 Å². The molecule has 0 heterocycles. The second-order valence-electron chi connectivity index (χ2n) is 3.23. The number of benzene rings is 1. The van der Waals surface area contributed by atoms with Crippen molar-refractivity contribution >= 4 is 20.2 Å². The third-order valence-corrected chi connectivity index (χ3v) is 4.25. The molecule has 0 radical (unpaired) electrons. The van der Waals surface area contributed by atoms with Crippen LogP contribution in [-0.2, 0) is 28.6 Å². The summed E-state index contributed by atoms with van der Waals surface area (Å²) in [6.07, 6.45) is 0. The van der Waals surface area contributed by atoms with E-state index in [2.05, 4.69) is 8.37 Å². The van der Waals surface area contributed by atoms with Crippen molar-refractivity contribution in [1.82, 2.24) is 0 Å². The molecule has 0 aliphatic rings. The lowest BCUT2D eigenvalue weighted by Gasteiger charge is -2.05. The Morgan fingerprint density at radius 3 is 2.06 bits per heavy atom. The molecule has 6 nitrogen and oxygen atoms in total. The molecule has 1 rings (SSSR count). The lowest BCUT2D eigenvalue weighted by Crippen LogP contribution is -2.16. The minimum absolute atomic E-state index is 0.102. The molecule has 0 bridgehead atoms. The van der Waals surface area contributed by atoms with Crippen molar-refractivity contribution in [3.8, 4) is 0 Å². The molecule has 0 N–H and O–H groups in total. The molecule has 0 saturated carbocycles. The van der Waals surface area contributed by atoms with E-state index in [1.54, 1.807) is 19.1 Å². The fraction of sp³-hybridized carbons (Fsp3) is 0.333. The van der Waals surface area contributed by atoms with Crippen LogP contribution in [0.25, 0.3) is 0 Å². The average molecular weight is 280 g/mol. The molecule has 0 saturated heterocycles.